The molecule has 10 heavy (non-hydrogen) atoms. The fourth-order valence-electron chi connectivity index (χ4n) is 0.655. The van der Waals surface area contributed by atoms with Gasteiger partial charge >= 0.3 is 0 Å². The van der Waals surface area contributed by atoms with Gasteiger partial charge in [-0.25, -0.2) is 4.39 Å². The molecular formula is C7H7FOS. The van der Waals surface area contributed by atoms with E-state index in [4.69, 9.17) is 4.55 Å². The van der Waals surface area contributed by atoms with E-state index in [0.29, 0.717) is 5.75 Å². The van der Waals surface area contributed by atoms with E-state index in [0.717, 1.165) is 17.6 Å². The monoisotopic (exact) mass is 158 g/mol. The van der Waals surface area contributed by atoms with Crippen LogP contribution in [0.4, 0.5) is 4.39 Å². The molecule has 54 valence electrons. The van der Waals surface area contributed by atoms with Crippen molar-refractivity contribution in [3.8, 4) is 0 Å². The molecule has 0 heterocycles. The Kier molecular flexibility index (Phi) is 2.71. The predicted molar refractivity (Wildman–Crippen MR) is 40.3 cm³/mol. The van der Waals surface area contributed by atoms with Crippen molar-refractivity contribution in [2.75, 3.05) is 0 Å². The number of hydrogen-bond donors (Lipinski definition) is 1. The van der Waals surface area contributed by atoms with Crippen LogP contribution < -0.4 is 0 Å². The lowest BCUT2D eigenvalue weighted by molar-refractivity contribution is 0.627. The minimum atomic E-state index is -0.244. The number of benzene rings is 1. The normalized spacial score (nSPS) is 9.80. The lowest BCUT2D eigenvalue weighted by Crippen LogP contribution is -1.79. The highest BCUT2D eigenvalue weighted by molar-refractivity contribution is 7.92. The molecule has 0 unspecified atom stereocenters. The van der Waals surface area contributed by atoms with Gasteiger partial charge in [-0.2, -0.15) is 0 Å². The second-order valence-corrected chi connectivity index (χ2v) is 2.45. The molecule has 1 rings (SSSR count). The van der Waals surface area contributed by atoms with Crippen LogP contribution in [0.3, 0.4) is 0 Å². The first-order valence-corrected chi connectivity index (χ1v) is 3.78. The summed E-state index contributed by atoms with van der Waals surface area (Å²) >= 11 is 0.738. The van der Waals surface area contributed by atoms with Crippen molar-refractivity contribution in [2.45, 2.75) is 5.75 Å². The Morgan fingerprint density at radius 2 is 1.90 bits per heavy atom. The molecule has 3 heteroatoms. The second kappa shape index (κ2) is 3.58. The molecule has 0 spiro atoms. The smallest absolute Gasteiger partial charge is 0.123 e. The van der Waals surface area contributed by atoms with E-state index in [2.05, 4.69) is 0 Å². The van der Waals surface area contributed by atoms with Gasteiger partial charge in [-0.1, -0.05) is 12.1 Å². The Morgan fingerprint density at radius 3 is 2.40 bits per heavy atom. The maximum atomic E-state index is 12.3. The molecule has 0 aromatic heterocycles. The molecule has 0 bridgehead atoms. The van der Waals surface area contributed by atoms with Gasteiger partial charge in [0.25, 0.3) is 0 Å². The molecule has 0 aliphatic heterocycles. The highest BCUT2D eigenvalue weighted by Crippen LogP contribution is 2.08. The van der Waals surface area contributed by atoms with Gasteiger partial charge in [0.15, 0.2) is 0 Å². The third-order valence-corrected chi connectivity index (χ3v) is 1.61. The predicted octanol–water partition coefficient (Wildman–Crippen LogP) is 2.53. The van der Waals surface area contributed by atoms with Gasteiger partial charge in [0, 0.05) is 5.75 Å². The minimum absolute atomic E-state index is 0.244. The number of hydrogen-bond acceptors (Lipinski definition) is 2. The highest BCUT2D eigenvalue weighted by atomic mass is 32.2. The molecule has 0 saturated carbocycles. The van der Waals surface area contributed by atoms with Crippen LogP contribution >= 0.6 is 12.0 Å². The summed E-state index contributed by atoms with van der Waals surface area (Å²) in [7, 11) is 0. The molecule has 1 aromatic rings. The molecule has 0 aliphatic rings. The molecule has 0 saturated heterocycles. The van der Waals surface area contributed by atoms with Gasteiger partial charge in [0.2, 0.25) is 0 Å². The summed E-state index contributed by atoms with van der Waals surface area (Å²) in [5.74, 6) is 0.270. The number of rotatable bonds is 2. The Labute approximate surface area is 63.1 Å². The van der Waals surface area contributed by atoms with Crippen LogP contribution in [-0.4, -0.2) is 4.55 Å². The Balaban J connectivity index is 2.69. The molecule has 0 amide bonds. The highest BCUT2D eigenvalue weighted by Gasteiger charge is 1.91. The maximum Gasteiger partial charge on any atom is 0.123 e. The Morgan fingerprint density at radius 1 is 1.30 bits per heavy atom. The summed E-state index contributed by atoms with van der Waals surface area (Å²) in [6, 6.07) is 6.06. The van der Waals surface area contributed by atoms with E-state index in [1.807, 2.05) is 0 Å². The van der Waals surface area contributed by atoms with Gasteiger partial charge in [-0.05, 0) is 29.7 Å². The van der Waals surface area contributed by atoms with Gasteiger partial charge in [-0.15, -0.1) is 0 Å². The van der Waals surface area contributed by atoms with Crippen molar-refractivity contribution in [1.29, 1.82) is 0 Å². The van der Waals surface area contributed by atoms with Gasteiger partial charge < -0.3 is 4.55 Å². The van der Waals surface area contributed by atoms with E-state index in [-0.39, 0.29) is 5.82 Å². The first kappa shape index (κ1) is 7.57. The van der Waals surface area contributed by atoms with Gasteiger partial charge in [-0.3, -0.25) is 0 Å². The molecule has 1 N–H and O–H groups in total. The average Bonchev–Trinajstić information content (AvgIpc) is 1.95. The molecular weight excluding hydrogens is 151 g/mol. The fraction of sp³-hybridized carbons (Fsp3) is 0.143. The minimum Gasteiger partial charge on any atom is -0.330 e. The van der Waals surface area contributed by atoms with Gasteiger partial charge in [0.05, 0.1) is 0 Å². The summed E-state index contributed by atoms with van der Waals surface area (Å²) in [5, 5.41) is 0. The summed E-state index contributed by atoms with van der Waals surface area (Å²) < 4.78 is 20.7. The summed E-state index contributed by atoms with van der Waals surface area (Å²) in [5.41, 5.74) is 0.925. The summed E-state index contributed by atoms with van der Waals surface area (Å²) in [4.78, 5) is 0. The van der Waals surface area contributed by atoms with Crippen molar-refractivity contribution in [2.24, 2.45) is 0 Å². The van der Waals surface area contributed by atoms with Crippen molar-refractivity contribution >= 4 is 12.0 Å². The first-order chi connectivity index (χ1) is 4.83. The quantitative estimate of drug-likeness (QED) is 0.667. The van der Waals surface area contributed by atoms with Crippen LogP contribution in [0.15, 0.2) is 24.3 Å². The molecule has 0 aliphatic carbocycles. The van der Waals surface area contributed by atoms with Crippen LogP contribution in [0.5, 0.6) is 0 Å². The largest absolute Gasteiger partial charge is 0.330 e. The topological polar surface area (TPSA) is 20.2 Å². The van der Waals surface area contributed by atoms with E-state index < -0.39 is 0 Å². The van der Waals surface area contributed by atoms with Crippen molar-refractivity contribution < 1.29 is 8.94 Å². The number of halogens is 1. The van der Waals surface area contributed by atoms with Crippen LogP contribution in [0.2, 0.25) is 0 Å². The maximum absolute atomic E-state index is 12.3. The van der Waals surface area contributed by atoms with Crippen LogP contribution in [0, 0.1) is 5.82 Å². The molecule has 1 aromatic carbocycles. The third kappa shape index (κ3) is 2.01. The van der Waals surface area contributed by atoms with Crippen molar-refractivity contribution in [3.63, 3.8) is 0 Å². The summed E-state index contributed by atoms with van der Waals surface area (Å²) in [6.07, 6.45) is 0. The lowest BCUT2D eigenvalue weighted by Gasteiger charge is -1.94. The molecule has 0 atom stereocenters. The first-order valence-electron chi connectivity index (χ1n) is 2.84. The SMILES string of the molecule is OSCc1ccc(F)cc1. The zero-order valence-electron chi connectivity index (χ0n) is 5.25. The average molecular weight is 158 g/mol. The molecule has 0 fully saturated rings. The van der Waals surface area contributed by atoms with Crippen LogP contribution in [-0.2, 0) is 5.75 Å². The van der Waals surface area contributed by atoms with E-state index in [9.17, 15) is 4.39 Å². The summed E-state index contributed by atoms with van der Waals surface area (Å²) in [6.45, 7) is 0. The Bertz CT molecular complexity index is 197. The van der Waals surface area contributed by atoms with Crippen LogP contribution in [0.1, 0.15) is 5.56 Å². The lowest BCUT2D eigenvalue weighted by atomic mass is 10.2. The van der Waals surface area contributed by atoms with E-state index in [1.165, 1.54) is 12.1 Å². The Hall–Kier alpha value is -0.540. The van der Waals surface area contributed by atoms with Crippen molar-refractivity contribution in [1.82, 2.24) is 0 Å². The molecule has 1 nitrogen and oxygen atoms in total. The van der Waals surface area contributed by atoms with Crippen molar-refractivity contribution in [3.05, 3.63) is 35.6 Å². The zero-order valence-corrected chi connectivity index (χ0v) is 6.07. The molecule has 0 radical (unpaired) electrons. The van der Waals surface area contributed by atoms with Crippen LogP contribution in [0.25, 0.3) is 0 Å². The van der Waals surface area contributed by atoms with E-state index in [1.54, 1.807) is 12.1 Å². The third-order valence-electron chi connectivity index (χ3n) is 1.14. The fourth-order valence-corrected chi connectivity index (χ4v) is 0.997. The van der Waals surface area contributed by atoms with E-state index >= 15 is 0 Å². The van der Waals surface area contributed by atoms with Gasteiger partial charge in [0.1, 0.15) is 5.82 Å². The second-order valence-electron chi connectivity index (χ2n) is 1.90. The standard InChI is InChI=1S/C7H7FOS/c8-7-3-1-6(2-4-7)5-10-9/h1-4,9H,5H2. The zero-order chi connectivity index (χ0) is 7.40.